The van der Waals surface area contributed by atoms with E-state index >= 15 is 0 Å². The van der Waals surface area contributed by atoms with Crippen LogP contribution >= 0.6 is 15.9 Å². The summed E-state index contributed by atoms with van der Waals surface area (Å²) in [4.78, 5) is 4.40. The molecule has 6 heteroatoms. The second kappa shape index (κ2) is 5.97. The lowest BCUT2D eigenvalue weighted by Crippen LogP contribution is -2.23. The summed E-state index contributed by atoms with van der Waals surface area (Å²) in [5.41, 5.74) is 0.830. The molecule has 0 aliphatic rings. The minimum atomic E-state index is 0.662. The van der Waals surface area contributed by atoms with Crippen LogP contribution in [-0.4, -0.2) is 34.2 Å². The first-order valence-electron chi connectivity index (χ1n) is 5.76. The summed E-state index contributed by atoms with van der Waals surface area (Å²) in [7, 11) is 0. The number of aromatic nitrogens is 3. The number of anilines is 1. The molecule has 0 fully saturated rings. The molecule has 0 amide bonds. The molecule has 0 unspecified atom stereocenters. The van der Waals surface area contributed by atoms with E-state index in [0.29, 0.717) is 5.95 Å². The summed E-state index contributed by atoms with van der Waals surface area (Å²) in [6.45, 7) is 4.95. The van der Waals surface area contributed by atoms with Gasteiger partial charge in [0, 0.05) is 19.3 Å². The molecular weight excluding hydrogens is 282 g/mol. The van der Waals surface area contributed by atoms with Crippen molar-refractivity contribution in [2.45, 2.75) is 13.3 Å². The molecule has 0 radical (unpaired) electrons. The number of pyridine rings is 1. The molecule has 0 saturated carbocycles. The molecule has 92 valence electrons. The van der Waals surface area contributed by atoms with E-state index in [1.807, 2.05) is 18.3 Å². The SMILES string of the molecule is CCCNCCNc1nc2c(Br)cccn2n1. The first kappa shape index (κ1) is 12.3. The normalized spacial score (nSPS) is 10.9. The third-order valence-electron chi connectivity index (χ3n) is 2.33. The quantitative estimate of drug-likeness (QED) is 0.800. The molecule has 0 aliphatic carbocycles. The van der Waals surface area contributed by atoms with Crippen LogP contribution in [0.4, 0.5) is 5.95 Å². The largest absolute Gasteiger partial charge is 0.352 e. The van der Waals surface area contributed by atoms with E-state index in [1.54, 1.807) is 4.52 Å². The first-order chi connectivity index (χ1) is 8.31. The third-order valence-corrected chi connectivity index (χ3v) is 2.95. The minimum Gasteiger partial charge on any atom is -0.352 e. The second-order valence-corrected chi connectivity index (χ2v) is 4.59. The number of rotatable bonds is 6. The summed E-state index contributed by atoms with van der Waals surface area (Å²) in [5, 5.41) is 10.8. The third kappa shape index (κ3) is 3.17. The fourth-order valence-corrected chi connectivity index (χ4v) is 1.94. The van der Waals surface area contributed by atoms with Gasteiger partial charge in [-0.15, -0.1) is 5.10 Å². The lowest BCUT2D eigenvalue weighted by molar-refractivity contribution is 0.686. The summed E-state index contributed by atoms with van der Waals surface area (Å²) in [6, 6.07) is 3.88. The van der Waals surface area contributed by atoms with E-state index < -0.39 is 0 Å². The topological polar surface area (TPSA) is 54.2 Å². The van der Waals surface area contributed by atoms with Gasteiger partial charge >= 0.3 is 0 Å². The molecule has 5 nitrogen and oxygen atoms in total. The fraction of sp³-hybridized carbons (Fsp3) is 0.455. The molecule has 17 heavy (non-hydrogen) atoms. The number of fused-ring (bicyclic) bond motifs is 1. The Morgan fingerprint density at radius 2 is 2.24 bits per heavy atom. The van der Waals surface area contributed by atoms with Crippen molar-refractivity contribution >= 4 is 27.5 Å². The van der Waals surface area contributed by atoms with Crippen LogP contribution in [0.5, 0.6) is 0 Å². The molecule has 2 N–H and O–H groups in total. The molecule has 0 saturated heterocycles. The maximum Gasteiger partial charge on any atom is 0.243 e. The smallest absolute Gasteiger partial charge is 0.243 e. The number of nitrogens with zero attached hydrogens (tertiary/aromatic N) is 3. The predicted octanol–water partition coefficient (Wildman–Crippen LogP) is 1.90. The van der Waals surface area contributed by atoms with Gasteiger partial charge < -0.3 is 10.6 Å². The minimum absolute atomic E-state index is 0.662. The van der Waals surface area contributed by atoms with Crippen LogP contribution in [0.1, 0.15) is 13.3 Å². The van der Waals surface area contributed by atoms with Crippen molar-refractivity contribution in [3.05, 3.63) is 22.8 Å². The predicted molar refractivity (Wildman–Crippen MR) is 72.3 cm³/mol. The van der Waals surface area contributed by atoms with E-state index in [-0.39, 0.29) is 0 Å². The first-order valence-corrected chi connectivity index (χ1v) is 6.56. The van der Waals surface area contributed by atoms with E-state index in [1.165, 1.54) is 0 Å². The van der Waals surface area contributed by atoms with E-state index in [4.69, 9.17) is 0 Å². The molecule has 0 spiro atoms. The van der Waals surface area contributed by atoms with Crippen LogP contribution < -0.4 is 10.6 Å². The van der Waals surface area contributed by atoms with Gasteiger partial charge in [0.2, 0.25) is 5.95 Å². The van der Waals surface area contributed by atoms with Crippen molar-refractivity contribution in [3.63, 3.8) is 0 Å². The van der Waals surface area contributed by atoms with Crippen molar-refractivity contribution in [1.82, 2.24) is 19.9 Å². The molecule has 0 aromatic carbocycles. The van der Waals surface area contributed by atoms with Crippen LogP contribution in [0.25, 0.3) is 5.65 Å². The monoisotopic (exact) mass is 297 g/mol. The van der Waals surface area contributed by atoms with Gasteiger partial charge in [-0.2, -0.15) is 4.98 Å². The van der Waals surface area contributed by atoms with E-state index in [0.717, 1.165) is 36.2 Å². The zero-order valence-corrected chi connectivity index (χ0v) is 11.4. The Morgan fingerprint density at radius 1 is 1.35 bits per heavy atom. The molecule has 0 atom stereocenters. The van der Waals surface area contributed by atoms with Crippen molar-refractivity contribution < 1.29 is 0 Å². The zero-order valence-electron chi connectivity index (χ0n) is 9.78. The fourth-order valence-electron chi connectivity index (χ4n) is 1.51. The summed E-state index contributed by atoms with van der Waals surface area (Å²) >= 11 is 3.45. The highest BCUT2D eigenvalue weighted by Crippen LogP contribution is 2.16. The zero-order chi connectivity index (χ0) is 12.1. The highest BCUT2D eigenvalue weighted by Gasteiger charge is 2.04. The van der Waals surface area contributed by atoms with Gasteiger partial charge in [-0.1, -0.05) is 6.92 Å². The molecule has 2 heterocycles. The lowest BCUT2D eigenvalue weighted by Gasteiger charge is -2.02. The Morgan fingerprint density at radius 3 is 3.00 bits per heavy atom. The Balaban J connectivity index is 1.93. The number of hydrogen-bond donors (Lipinski definition) is 2. The van der Waals surface area contributed by atoms with Gasteiger partial charge in [-0.25, -0.2) is 4.52 Å². The van der Waals surface area contributed by atoms with Gasteiger partial charge in [0.1, 0.15) is 0 Å². The average molecular weight is 298 g/mol. The Kier molecular flexibility index (Phi) is 4.33. The standard InChI is InChI=1S/C11H16BrN5/c1-2-5-13-6-7-14-11-15-10-9(12)4-3-8-17(10)16-11/h3-4,8,13H,2,5-7H2,1H3,(H,14,16). The second-order valence-electron chi connectivity index (χ2n) is 3.74. The van der Waals surface area contributed by atoms with E-state index in [9.17, 15) is 0 Å². The van der Waals surface area contributed by atoms with Crippen LogP contribution in [0, 0.1) is 0 Å². The average Bonchev–Trinajstić information content (AvgIpc) is 2.73. The summed E-state index contributed by atoms with van der Waals surface area (Å²) in [5.74, 6) is 0.662. The highest BCUT2D eigenvalue weighted by molar-refractivity contribution is 9.10. The van der Waals surface area contributed by atoms with Gasteiger partial charge in [-0.05, 0) is 41.0 Å². The van der Waals surface area contributed by atoms with Crippen molar-refractivity contribution in [3.8, 4) is 0 Å². The molecule has 0 bridgehead atoms. The maximum atomic E-state index is 4.40. The Hall–Kier alpha value is -1.14. The number of hydrogen-bond acceptors (Lipinski definition) is 4. The molecule has 0 aliphatic heterocycles. The highest BCUT2D eigenvalue weighted by atomic mass is 79.9. The van der Waals surface area contributed by atoms with Gasteiger partial charge in [0.15, 0.2) is 5.65 Å². The Bertz CT molecular complexity index is 482. The maximum absolute atomic E-state index is 4.40. The summed E-state index contributed by atoms with van der Waals surface area (Å²) < 4.78 is 2.70. The molecule has 2 rings (SSSR count). The Labute approximate surface area is 109 Å². The van der Waals surface area contributed by atoms with Crippen molar-refractivity contribution in [2.75, 3.05) is 25.0 Å². The summed E-state index contributed by atoms with van der Waals surface area (Å²) in [6.07, 6.45) is 3.03. The van der Waals surface area contributed by atoms with Crippen LogP contribution in [0.2, 0.25) is 0 Å². The van der Waals surface area contributed by atoms with Crippen LogP contribution in [0.15, 0.2) is 22.8 Å². The van der Waals surface area contributed by atoms with Crippen molar-refractivity contribution in [1.29, 1.82) is 0 Å². The molecular formula is C11H16BrN5. The van der Waals surface area contributed by atoms with Gasteiger partial charge in [0.25, 0.3) is 0 Å². The van der Waals surface area contributed by atoms with Crippen molar-refractivity contribution in [2.24, 2.45) is 0 Å². The number of halogens is 1. The molecule has 2 aromatic heterocycles. The van der Waals surface area contributed by atoms with Gasteiger partial charge in [0.05, 0.1) is 4.47 Å². The van der Waals surface area contributed by atoms with E-state index in [2.05, 4.69) is 43.6 Å². The van der Waals surface area contributed by atoms with Crippen LogP contribution in [-0.2, 0) is 0 Å². The van der Waals surface area contributed by atoms with Gasteiger partial charge in [-0.3, -0.25) is 0 Å². The number of nitrogens with one attached hydrogen (secondary N) is 2. The molecule has 2 aromatic rings. The lowest BCUT2D eigenvalue weighted by atomic mass is 10.5. The van der Waals surface area contributed by atoms with Crippen LogP contribution in [0.3, 0.4) is 0 Å².